The van der Waals surface area contributed by atoms with Crippen LogP contribution in [-0.4, -0.2) is 33.8 Å². The third kappa shape index (κ3) is 2.51. The molecule has 0 bridgehead atoms. The number of carbonyl (C=O) groups is 2. The van der Waals surface area contributed by atoms with E-state index >= 15 is 0 Å². The second-order valence-corrected chi connectivity index (χ2v) is 6.18. The van der Waals surface area contributed by atoms with E-state index in [0.29, 0.717) is 0 Å². The Morgan fingerprint density at radius 1 is 1.48 bits per heavy atom. The molecule has 0 aliphatic carbocycles. The van der Waals surface area contributed by atoms with Crippen LogP contribution < -0.4 is 5.32 Å². The number of benzene rings is 1. The molecule has 0 saturated carbocycles. The van der Waals surface area contributed by atoms with Crippen LogP contribution in [0.3, 0.4) is 0 Å². The molecule has 2 heterocycles. The first-order valence-corrected chi connectivity index (χ1v) is 7.93. The van der Waals surface area contributed by atoms with Gasteiger partial charge in [-0.2, -0.15) is 0 Å². The van der Waals surface area contributed by atoms with E-state index in [4.69, 9.17) is 0 Å². The molecule has 1 aliphatic heterocycles. The third-order valence-electron chi connectivity index (χ3n) is 3.89. The van der Waals surface area contributed by atoms with Crippen LogP contribution in [0.25, 0.3) is 10.2 Å². The van der Waals surface area contributed by atoms with E-state index in [0.717, 1.165) is 22.3 Å². The second-order valence-electron chi connectivity index (χ2n) is 5.30. The average Bonchev–Trinajstić information content (AvgIpc) is 3.03. The molecule has 1 aromatic carbocycles. The Morgan fingerprint density at radius 3 is 3.05 bits per heavy atom. The molecule has 2 amide bonds. The van der Waals surface area contributed by atoms with Gasteiger partial charge in [0.25, 0.3) is 5.91 Å². The molecule has 0 radical (unpaired) electrons. The van der Waals surface area contributed by atoms with Crippen molar-refractivity contribution in [2.24, 2.45) is 0 Å². The van der Waals surface area contributed by atoms with Crippen molar-refractivity contribution in [3.05, 3.63) is 23.7 Å². The van der Waals surface area contributed by atoms with Crippen LogP contribution in [0, 0.1) is 0 Å². The largest absolute Gasteiger partial charge is 0.373 e. The molecule has 1 aromatic heterocycles. The van der Waals surface area contributed by atoms with Gasteiger partial charge in [-0.1, -0.05) is 6.92 Å². The maximum Gasteiger partial charge on any atom is 0.252 e. The van der Waals surface area contributed by atoms with Gasteiger partial charge in [0.05, 0.1) is 22.1 Å². The summed E-state index contributed by atoms with van der Waals surface area (Å²) in [4.78, 5) is 30.0. The SMILES string of the molecule is CCC(C)N1C(=O)CC(Nc2ccc3ncsc3c2)C1=O. The minimum atomic E-state index is -0.461. The summed E-state index contributed by atoms with van der Waals surface area (Å²) in [5.74, 6) is -0.218. The number of anilines is 1. The molecule has 0 spiro atoms. The standard InChI is InChI=1S/C15H17N3O2S/c1-3-9(2)18-14(19)7-12(15(18)20)17-10-4-5-11-13(6-10)21-8-16-11/h4-6,8-9,12,17H,3,7H2,1-2H3. The molecule has 21 heavy (non-hydrogen) atoms. The highest BCUT2D eigenvalue weighted by Gasteiger charge is 2.40. The number of thiazole rings is 1. The number of hydrogen-bond donors (Lipinski definition) is 1. The molecule has 6 heteroatoms. The van der Waals surface area contributed by atoms with Crippen molar-refractivity contribution in [1.29, 1.82) is 0 Å². The van der Waals surface area contributed by atoms with E-state index in [1.165, 1.54) is 4.90 Å². The van der Waals surface area contributed by atoms with Crippen molar-refractivity contribution in [2.45, 2.75) is 38.8 Å². The first-order valence-electron chi connectivity index (χ1n) is 7.06. The number of likely N-dealkylation sites (tertiary alicyclic amines) is 1. The number of hydrogen-bond acceptors (Lipinski definition) is 5. The zero-order chi connectivity index (χ0) is 15.0. The summed E-state index contributed by atoms with van der Waals surface area (Å²) in [6.45, 7) is 3.88. The van der Waals surface area contributed by atoms with E-state index in [9.17, 15) is 9.59 Å². The number of fused-ring (bicyclic) bond motifs is 1. The molecular formula is C15H17N3O2S. The van der Waals surface area contributed by atoms with Crippen molar-refractivity contribution in [1.82, 2.24) is 9.88 Å². The summed E-state index contributed by atoms with van der Waals surface area (Å²) in [6.07, 6.45) is 1.00. The lowest BCUT2D eigenvalue weighted by Gasteiger charge is -2.21. The van der Waals surface area contributed by atoms with E-state index in [2.05, 4.69) is 10.3 Å². The van der Waals surface area contributed by atoms with Crippen molar-refractivity contribution < 1.29 is 9.59 Å². The zero-order valence-electron chi connectivity index (χ0n) is 12.0. The highest BCUT2D eigenvalue weighted by Crippen LogP contribution is 2.25. The number of rotatable bonds is 4. The Labute approximate surface area is 127 Å². The van der Waals surface area contributed by atoms with E-state index in [1.54, 1.807) is 16.8 Å². The Balaban J connectivity index is 1.78. The van der Waals surface area contributed by atoms with Gasteiger partial charge in [0, 0.05) is 11.7 Å². The Bertz CT molecular complexity index is 697. The molecule has 2 unspecified atom stereocenters. The van der Waals surface area contributed by atoms with E-state index in [1.807, 2.05) is 32.0 Å². The fourth-order valence-corrected chi connectivity index (χ4v) is 3.27. The number of imide groups is 1. The van der Waals surface area contributed by atoms with Gasteiger partial charge in [-0.15, -0.1) is 11.3 Å². The van der Waals surface area contributed by atoms with Crippen molar-refractivity contribution in [3.8, 4) is 0 Å². The number of nitrogens with one attached hydrogen (secondary N) is 1. The predicted octanol–water partition coefficient (Wildman–Crippen LogP) is 2.63. The number of carbonyl (C=O) groups excluding carboxylic acids is 2. The van der Waals surface area contributed by atoms with Crippen LogP contribution in [0.4, 0.5) is 5.69 Å². The highest BCUT2D eigenvalue weighted by molar-refractivity contribution is 7.16. The molecule has 2 atom stereocenters. The van der Waals surface area contributed by atoms with Crippen LogP contribution in [-0.2, 0) is 9.59 Å². The molecule has 1 saturated heterocycles. The first kappa shape index (κ1) is 14.0. The maximum absolute atomic E-state index is 12.4. The van der Waals surface area contributed by atoms with Crippen LogP contribution in [0.5, 0.6) is 0 Å². The van der Waals surface area contributed by atoms with Gasteiger partial charge < -0.3 is 5.32 Å². The summed E-state index contributed by atoms with van der Waals surface area (Å²) in [7, 11) is 0. The van der Waals surface area contributed by atoms with Gasteiger partial charge in [-0.3, -0.25) is 14.5 Å². The lowest BCUT2D eigenvalue weighted by Crippen LogP contribution is -2.40. The Hall–Kier alpha value is -1.95. The normalized spacial score (nSPS) is 20.3. The van der Waals surface area contributed by atoms with Gasteiger partial charge in [0.15, 0.2) is 0 Å². The van der Waals surface area contributed by atoms with E-state index < -0.39 is 6.04 Å². The lowest BCUT2D eigenvalue weighted by molar-refractivity contribution is -0.140. The lowest BCUT2D eigenvalue weighted by atomic mass is 10.2. The molecule has 5 nitrogen and oxygen atoms in total. The van der Waals surface area contributed by atoms with Gasteiger partial charge in [-0.25, -0.2) is 4.98 Å². The third-order valence-corrected chi connectivity index (χ3v) is 4.68. The minimum Gasteiger partial charge on any atom is -0.373 e. The molecule has 1 N–H and O–H groups in total. The Morgan fingerprint density at radius 2 is 2.29 bits per heavy atom. The van der Waals surface area contributed by atoms with E-state index in [-0.39, 0.29) is 24.3 Å². The van der Waals surface area contributed by atoms with Crippen LogP contribution in [0.1, 0.15) is 26.7 Å². The predicted molar refractivity (Wildman–Crippen MR) is 83.3 cm³/mol. The van der Waals surface area contributed by atoms with Gasteiger partial charge in [0.1, 0.15) is 6.04 Å². The first-order chi connectivity index (χ1) is 10.1. The van der Waals surface area contributed by atoms with Crippen molar-refractivity contribution in [2.75, 3.05) is 5.32 Å². The second kappa shape index (κ2) is 5.44. The summed E-state index contributed by atoms with van der Waals surface area (Å²) in [6, 6.07) is 5.28. The smallest absolute Gasteiger partial charge is 0.252 e. The highest BCUT2D eigenvalue weighted by atomic mass is 32.1. The zero-order valence-corrected chi connectivity index (χ0v) is 12.8. The van der Waals surface area contributed by atoms with Crippen LogP contribution >= 0.6 is 11.3 Å². The maximum atomic E-state index is 12.4. The number of aromatic nitrogens is 1. The van der Waals surface area contributed by atoms with Gasteiger partial charge >= 0.3 is 0 Å². The number of amides is 2. The topological polar surface area (TPSA) is 62.3 Å². The molecular weight excluding hydrogens is 286 g/mol. The fraction of sp³-hybridized carbons (Fsp3) is 0.400. The summed E-state index contributed by atoms with van der Waals surface area (Å²) in [5, 5.41) is 3.18. The molecule has 1 fully saturated rings. The summed E-state index contributed by atoms with van der Waals surface area (Å²) >= 11 is 1.56. The Kier molecular flexibility index (Phi) is 3.63. The van der Waals surface area contributed by atoms with Crippen LogP contribution in [0.15, 0.2) is 23.7 Å². The monoisotopic (exact) mass is 303 g/mol. The number of nitrogens with zero attached hydrogens (tertiary/aromatic N) is 2. The van der Waals surface area contributed by atoms with Crippen molar-refractivity contribution >= 4 is 39.1 Å². The fourth-order valence-electron chi connectivity index (χ4n) is 2.56. The van der Waals surface area contributed by atoms with Crippen LogP contribution in [0.2, 0.25) is 0 Å². The average molecular weight is 303 g/mol. The van der Waals surface area contributed by atoms with Gasteiger partial charge in [0.2, 0.25) is 5.91 Å². The molecule has 3 rings (SSSR count). The van der Waals surface area contributed by atoms with Gasteiger partial charge in [-0.05, 0) is 31.5 Å². The minimum absolute atomic E-state index is 0.0409. The quantitative estimate of drug-likeness (QED) is 0.882. The van der Waals surface area contributed by atoms with Crippen molar-refractivity contribution in [3.63, 3.8) is 0 Å². The molecule has 1 aliphatic rings. The summed E-state index contributed by atoms with van der Waals surface area (Å²) in [5.41, 5.74) is 3.59. The molecule has 110 valence electrons. The molecule has 2 aromatic rings. The summed E-state index contributed by atoms with van der Waals surface area (Å²) < 4.78 is 1.07.